The average Bonchev–Trinajstić information content (AvgIpc) is 2.45. The molecule has 0 radical (unpaired) electrons. The summed E-state index contributed by atoms with van der Waals surface area (Å²) in [7, 11) is 1.24. The van der Waals surface area contributed by atoms with E-state index in [-0.39, 0.29) is 12.3 Å². The summed E-state index contributed by atoms with van der Waals surface area (Å²) < 4.78 is 4.52. The number of esters is 1. The van der Waals surface area contributed by atoms with Gasteiger partial charge in [0.25, 0.3) is 0 Å². The SMILES string of the molecule is COC(=O)C1C(O)CCC1CC(=O)O. The van der Waals surface area contributed by atoms with E-state index in [9.17, 15) is 14.7 Å². The van der Waals surface area contributed by atoms with E-state index in [1.54, 1.807) is 0 Å². The van der Waals surface area contributed by atoms with Crippen LogP contribution in [0.5, 0.6) is 0 Å². The van der Waals surface area contributed by atoms with E-state index in [2.05, 4.69) is 4.74 Å². The first-order valence-electron chi connectivity index (χ1n) is 4.54. The molecule has 0 spiro atoms. The molecule has 0 heterocycles. The summed E-state index contributed by atoms with van der Waals surface area (Å²) in [6.07, 6.45) is 0.189. The highest BCUT2D eigenvalue weighted by atomic mass is 16.5. The van der Waals surface area contributed by atoms with E-state index in [0.29, 0.717) is 12.8 Å². The van der Waals surface area contributed by atoms with Crippen molar-refractivity contribution in [2.24, 2.45) is 11.8 Å². The number of carbonyl (C=O) groups is 2. The van der Waals surface area contributed by atoms with Gasteiger partial charge >= 0.3 is 11.9 Å². The number of aliphatic carboxylic acids is 1. The topological polar surface area (TPSA) is 83.8 Å². The number of carboxylic acids is 1. The van der Waals surface area contributed by atoms with Gasteiger partial charge in [-0.2, -0.15) is 0 Å². The van der Waals surface area contributed by atoms with Gasteiger partial charge in [-0.15, -0.1) is 0 Å². The zero-order valence-corrected chi connectivity index (χ0v) is 7.97. The summed E-state index contributed by atoms with van der Waals surface area (Å²) in [5.41, 5.74) is 0. The number of carboxylic acid groups (broad SMARTS) is 1. The van der Waals surface area contributed by atoms with Crippen molar-refractivity contribution in [1.29, 1.82) is 0 Å². The van der Waals surface area contributed by atoms with Crippen LogP contribution >= 0.6 is 0 Å². The minimum atomic E-state index is -0.946. The molecule has 0 bridgehead atoms. The predicted octanol–water partition coefficient (Wildman–Crippen LogP) is 0.0212. The van der Waals surface area contributed by atoms with E-state index in [0.717, 1.165) is 0 Å². The van der Waals surface area contributed by atoms with Gasteiger partial charge in [0.2, 0.25) is 0 Å². The third kappa shape index (κ3) is 2.23. The molecule has 1 saturated carbocycles. The summed E-state index contributed by atoms with van der Waals surface area (Å²) in [5, 5.41) is 18.1. The van der Waals surface area contributed by atoms with Crippen molar-refractivity contribution in [3.8, 4) is 0 Å². The number of rotatable bonds is 3. The number of ether oxygens (including phenoxy) is 1. The highest BCUT2D eigenvalue weighted by Gasteiger charge is 2.41. The molecule has 0 amide bonds. The van der Waals surface area contributed by atoms with Crippen LogP contribution < -0.4 is 0 Å². The summed E-state index contributed by atoms with van der Waals surface area (Å²) in [6, 6.07) is 0. The van der Waals surface area contributed by atoms with E-state index >= 15 is 0 Å². The van der Waals surface area contributed by atoms with Gasteiger partial charge in [-0.25, -0.2) is 0 Å². The molecule has 2 N–H and O–H groups in total. The van der Waals surface area contributed by atoms with E-state index < -0.39 is 24.0 Å². The number of methoxy groups -OCH3 is 1. The van der Waals surface area contributed by atoms with Crippen LogP contribution in [0.1, 0.15) is 19.3 Å². The Balaban J connectivity index is 2.66. The minimum absolute atomic E-state index is 0.0865. The maximum absolute atomic E-state index is 11.2. The molecular weight excluding hydrogens is 188 g/mol. The van der Waals surface area contributed by atoms with Crippen LogP contribution in [0.4, 0.5) is 0 Å². The summed E-state index contributed by atoms with van der Waals surface area (Å²) in [5.74, 6) is -2.43. The van der Waals surface area contributed by atoms with Gasteiger partial charge in [-0.1, -0.05) is 0 Å². The fraction of sp³-hybridized carbons (Fsp3) is 0.778. The Hall–Kier alpha value is -1.10. The van der Waals surface area contributed by atoms with Gasteiger partial charge in [0.1, 0.15) is 0 Å². The van der Waals surface area contributed by atoms with E-state index in [4.69, 9.17) is 5.11 Å². The molecule has 3 atom stereocenters. The molecule has 0 aromatic heterocycles. The number of aliphatic hydroxyl groups excluding tert-OH is 1. The Kier molecular flexibility index (Phi) is 3.46. The second-order valence-electron chi connectivity index (χ2n) is 3.55. The Morgan fingerprint density at radius 3 is 2.57 bits per heavy atom. The van der Waals surface area contributed by atoms with Gasteiger partial charge in [0.15, 0.2) is 0 Å². The van der Waals surface area contributed by atoms with Gasteiger partial charge in [0, 0.05) is 6.42 Å². The second-order valence-corrected chi connectivity index (χ2v) is 3.55. The van der Waals surface area contributed by atoms with E-state index in [1.165, 1.54) is 7.11 Å². The van der Waals surface area contributed by atoms with Crippen LogP contribution in [0.25, 0.3) is 0 Å². The van der Waals surface area contributed by atoms with Crippen molar-refractivity contribution in [2.45, 2.75) is 25.4 Å². The molecule has 5 nitrogen and oxygen atoms in total. The third-order valence-corrected chi connectivity index (χ3v) is 2.67. The monoisotopic (exact) mass is 202 g/mol. The van der Waals surface area contributed by atoms with Crippen LogP contribution in [0.2, 0.25) is 0 Å². The van der Waals surface area contributed by atoms with Gasteiger partial charge < -0.3 is 14.9 Å². The van der Waals surface area contributed by atoms with Crippen LogP contribution in [-0.2, 0) is 14.3 Å². The molecule has 1 fully saturated rings. The van der Waals surface area contributed by atoms with Gasteiger partial charge in [-0.3, -0.25) is 9.59 Å². The fourth-order valence-electron chi connectivity index (χ4n) is 2.00. The molecule has 80 valence electrons. The van der Waals surface area contributed by atoms with Crippen molar-refractivity contribution < 1.29 is 24.5 Å². The number of hydrogen-bond donors (Lipinski definition) is 2. The summed E-state index contributed by atoms with van der Waals surface area (Å²) >= 11 is 0. The Labute approximate surface area is 81.7 Å². The molecule has 0 saturated heterocycles. The largest absolute Gasteiger partial charge is 0.481 e. The fourth-order valence-corrected chi connectivity index (χ4v) is 2.00. The highest BCUT2D eigenvalue weighted by molar-refractivity contribution is 5.75. The molecule has 5 heteroatoms. The molecule has 14 heavy (non-hydrogen) atoms. The lowest BCUT2D eigenvalue weighted by Crippen LogP contribution is -2.30. The zero-order chi connectivity index (χ0) is 10.7. The summed E-state index contributed by atoms with van der Waals surface area (Å²) in [6.45, 7) is 0. The lowest BCUT2D eigenvalue weighted by atomic mass is 9.92. The molecule has 0 aliphatic heterocycles. The minimum Gasteiger partial charge on any atom is -0.481 e. The maximum Gasteiger partial charge on any atom is 0.311 e. The zero-order valence-electron chi connectivity index (χ0n) is 7.97. The van der Waals surface area contributed by atoms with Crippen molar-refractivity contribution in [2.75, 3.05) is 7.11 Å². The van der Waals surface area contributed by atoms with Crippen LogP contribution in [0.15, 0.2) is 0 Å². The van der Waals surface area contributed by atoms with E-state index in [1.807, 2.05) is 0 Å². The quantitative estimate of drug-likeness (QED) is 0.630. The van der Waals surface area contributed by atoms with Crippen LogP contribution in [-0.4, -0.2) is 35.4 Å². The lowest BCUT2D eigenvalue weighted by molar-refractivity contribution is -0.151. The summed E-state index contributed by atoms with van der Waals surface area (Å²) in [4.78, 5) is 21.7. The molecule has 1 aliphatic carbocycles. The van der Waals surface area contributed by atoms with Gasteiger partial charge in [0.05, 0.1) is 19.1 Å². The third-order valence-electron chi connectivity index (χ3n) is 2.67. The number of carbonyl (C=O) groups excluding carboxylic acids is 1. The van der Waals surface area contributed by atoms with Gasteiger partial charge in [-0.05, 0) is 18.8 Å². The average molecular weight is 202 g/mol. The van der Waals surface area contributed by atoms with Crippen LogP contribution in [0.3, 0.4) is 0 Å². The molecule has 1 aliphatic rings. The predicted molar refractivity (Wildman–Crippen MR) is 46.5 cm³/mol. The lowest BCUT2D eigenvalue weighted by Gasteiger charge is -2.17. The normalized spacial score (nSPS) is 31.4. The molecule has 1 rings (SSSR count). The number of hydrogen-bond acceptors (Lipinski definition) is 4. The molecule has 0 aromatic carbocycles. The maximum atomic E-state index is 11.2. The smallest absolute Gasteiger partial charge is 0.311 e. The second kappa shape index (κ2) is 4.41. The molecular formula is C9H14O5. The first-order chi connectivity index (χ1) is 6.56. The Morgan fingerprint density at radius 1 is 1.43 bits per heavy atom. The standard InChI is InChI=1S/C9H14O5/c1-14-9(13)8-5(4-7(11)12)2-3-6(8)10/h5-6,8,10H,2-4H2,1H3,(H,11,12). The van der Waals surface area contributed by atoms with Crippen LogP contribution in [0, 0.1) is 11.8 Å². The Morgan fingerprint density at radius 2 is 2.07 bits per heavy atom. The van der Waals surface area contributed by atoms with Crippen molar-refractivity contribution >= 4 is 11.9 Å². The highest BCUT2D eigenvalue weighted by Crippen LogP contribution is 2.35. The molecule has 3 unspecified atom stereocenters. The first kappa shape index (κ1) is 11.0. The Bertz CT molecular complexity index is 237. The molecule has 0 aromatic rings. The number of aliphatic hydroxyl groups is 1. The van der Waals surface area contributed by atoms with Crippen molar-refractivity contribution in [1.82, 2.24) is 0 Å². The van der Waals surface area contributed by atoms with Crippen molar-refractivity contribution in [3.63, 3.8) is 0 Å². The first-order valence-corrected chi connectivity index (χ1v) is 4.54. The van der Waals surface area contributed by atoms with Crippen molar-refractivity contribution in [3.05, 3.63) is 0 Å².